The minimum absolute atomic E-state index is 0.615. The molecule has 0 saturated heterocycles. The van der Waals surface area contributed by atoms with Gasteiger partial charge in [-0.15, -0.1) is 0 Å². The van der Waals surface area contributed by atoms with E-state index in [1.54, 1.807) is 0 Å². The summed E-state index contributed by atoms with van der Waals surface area (Å²) >= 11 is 0. The molecule has 0 aliphatic heterocycles. The average molecular weight is 188 g/mol. The second-order valence-electron chi connectivity index (χ2n) is 3.63. The Morgan fingerprint density at radius 2 is 2.07 bits per heavy atom. The number of nitrogens with zero attached hydrogens (tertiary/aromatic N) is 1. The standard InChI is InChI=1S/C12H16N2/c1-3-14-9(2)6-11-5-4-10(8-13)7-12(11)14/h4-7H,3,8,13H2,1-2H3. The van der Waals surface area contributed by atoms with E-state index < -0.39 is 0 Å². The highest BCUT2D eigenvalue weighted by Gasteiger charge is 2.03. The maximum atomic E-state index is 5.63. The van der Waals surface area contributed by atoms with Crippen molar-refractivity contribution in [3.8, 4) is 0 Å². The van der Waals surface area contributed by atoms with Crippen LogP contribution in [0.3, 0.4) is 0 Å². The van der Waals surface area contributed by atoms with E-state index in [0.29, 0.717) is 6.54 Å². The molecular formula is C12H16N2. The highest BCUT2D eigenvalue weighted by molar-refractivity contribution is 5.82. The molecule has 0 unspecified atom stereocenters. The van der Waals surface area contributed by atoms with Gasteiger partial charge < -0.3 is 10.3 Å². The molecule has 1 heterocycles. The van der Waals surface area contributed by atoms with Gasteiger partial charge in [0, 0.05) is 24.3 Å². The van der Waals surface area contributed by atoms with E-state index in [4.69, 9.17) is 5.73 Å². The Bertz CT molecular complexity index is 455. The van der Waals surface area contributed by atoms with E-state index in [2.05, 4.69) is 42.7 Å². The number of aromatic nitrogens is 1. The molecule has 1 aromatic carbocycles. The summed E-state index contributed by atoms with van der Waals surface area (Å²) in [6.07, 6.45) is 0. The van der Waals surface area contributed by atoms with Crippen molar-refractivity contribution >= 4 is 10.9 Å². The molecule has 2 aromatic rings. The van der Waals surface area contributed by atoms with Gasteiger partial charge in [-0.05, 0) is 36.9 Å². The normalized spacial score (nSPS) is 11.1. The van der Waals surface area contributed by atoms with Gasteiger partial charge in [0.05, 0.1) is 0 Å². The quantitative estimate of drug-likeness (QED) is 0.771. The van der Waals surface area contributed by atoms with Gasteiger partial charge in [-0.3, -0.25) is 0 Å². The first kappa shape index (κ1) is 9.28. The monoisotopic (exact) mass is 188 g/mol. The van der Waals surface area contributed by atoms with Gasteiger partial charge in [0.2, 0.25) is 0 Å². The van der Waals surface area contributed by atoms with Crippen molar-refractivity contribution in [3.63, 3.8) is 0 Å². The molecule has 0 radical (unpaired) electrons. The van der Waals surface area contributed by atoms with Crippen LogP contribution in [0.4, 0.5) is 0 Å². The van der Waals surface area contributed by atoms with Crippen molar-refractivity contribution < 1.29 is 0 Å². The molecule has 2 rings (SSSR count). The predicted molar refractivity (Wildman–Crippen MR) is 60.2 cm³/mol. The Kier molecular flexibility index (Phi) is 2.30. The van der Waals surface area contributed by atoms with Crippen LogP contribution in [0, 0.1) is 6.92 Å². The number of nitrogens with two attached hydrogens (primary N) is 1. The third-order valence-electron chi connectivity index (χ3n) is 2.73. The summed E-state index contributed by atoms with van der Waals surface area (Å²) in [5.41, 5.74) is 9.44. The van der Waals surface area contributed by atoms with Crippen molar-refractivity contribution in [3.05, 3.63) is 35.5 Å². The first-order valence-corrected chi connectivity index (χ1v) is 5.05. The molecule has 2 heteroatoms. The fraction of sp³-hybridized carbons (Fsp3) is 0.333. The molecule has 0 amide bonds. The van der Waals surface area contributed by atoms with Gasteiger partial charge in [0.15, 0.2) is 0 Å². The summed E-state index contributed by atoms with van der Waals surface area (Å²) in [5, 5.41) is 1.31. The lowest BCUT2D eigenvalue weighted by Gasteiger charge is -2.04. The van der Waals surface area contributed by atoms with Crippen LogP contribution in [0.1, 0.15) is 18.2 Å². The summed E-state index contributed by atoms with van der Waals surface area (Å²) in [6, 6.07) is 8.66. The predicted octanol–water partition coefficient (Wildman–Crippen LogP) is 2.43. The van der Waals surface area contributed by atoms with Crippen molar-refractivity contribution in [1.82, 2.24) is 4.57 Å². The van der Waals surface area contributed by atoms with Crippen molar-refractivity contribution in [1.29, 1.82) is 0 Å². The zero-order chi connectivity index (χ0) is 10.1. The van der Waals surface area contributed by atoms with E-state index in [-0.39, 0.29) is 0 Å². The Morgan fingerprint density at radius 3 is 2.71 bits per heavy atom. The lowest BCUT2D eigenvalue weighted by Crippen LogP contribution is -1.98. The van der Waals surface area contributed by atoms with Crippen LogP contribution in [0.5, 0.6) is 0 Å². The molecule has 1 aromatic heterocycles. The highest BCUT2D eigenvalue weighted by atomic mass is 15.0. The second kappa shape index (κ2) is 3.46. The first-order chi connectivity index (χ1) is 6.76. The topological polar surface area (TPSA) is 30.9 Å². The smallest absolute Gasteiger partial charge is 0.0485 e. The largest absolute Gasteiger partial charge is 0.345 e. The maximum Gasteiger partial charge on any atom is 0.0485 e. The van der Waals surface area contributed by atoms with Crippen LogP contribution in [-0.2, 0) is 13.1 Å². The van der Waals surface area contributed by atoms with Crippen LogP contribution in [0.2, 0.25) is 0 Å². The van der Waals surface area contributed by atoms with Crippen molar-refractivity contribution in [2.24, 2.45) is 5.73 Å². The third kappa shape index (κ3) is 1.32. The summed E-state index contributed by atoms with van der Waals surface area (Å²) in [7, 11) is 0. The van der Waals surface area contributed by atoms with Gasteiger partial charge in [-0.25, -0.2) is 0 Å². The zero-order valence-corrected chi connectivity index (χ0v) is 8.75. The average Bonchev–Trinajstić information content (AvgIpc) is 2.52. The van der Waals surface area contributed by atoms with E-state index in [9.17, 15) is 0 Å². The first-order valence-electron chi connectivity index (χ1n) is 5.05. The zero-order valence-electron chi connectivity index (χ0n) is 8.75. The van der Waals surface area contributed by atoms with Gasteiger partial charge in [0.1, 0.15) is 0 Å². The van der Waals surface area contributed by atoms with E-state index in [0.717, 1.165) is 6.54 Å². The molecule has 0 fully saturated rings. The van der Waals surface area contributed by atoms with E-state index >= 15 is 0 Å². The van der Waals surface area contributed by atoms with Gasteiger partial charge in [-0.2, -0.15) is 0 Å². The minimum Gasteiger partial charge on any atom is -0.345 e. The number of aryl methyl sites for hydroxylation is 2. The van der Waals surface area contributed by atoms with E-state index in [1.807, 2.05) is 0 Å². The maximum absolute atomic E-state index is 5.63. The molecule has 0 aliphatic rings. The Balaban J connectivity index is 2.71. The molecule has 0 spiro atoms. The molecule has 2 N–H and O–H groups in total. The Morgan fingerprint density at radius 1 is 1.29 bits per heavy atom. The molecular weight excluding hydrogens is 172 g/mol. The summed E-state index contributed by atoms with van der Waals surface area (Å²) in [6.45, 7) is 5.94. The Hall–Kier alpha value is -1.28. The number of rotatable bonds is 2. The molecule has 74 valence electrons. The lowest BCUT2D eigenvalue weighted by molar-refractivity contribution is 0.769. The van der Waals surface area contributed by atoms with Gasteiger partial charge in [0.25, 0.3) is 0 Å². The molecule has 0 atom stereocenters. The molecule has 0 aliphatic carbocycles. The number of hydrogen-bond donors (Lipinski definition) is 1. The molecule has 14 heavy (non-hydrogen) atoms. The van der Waals surface area contributed by atoms with E-state index in [1.165, 1.54) is 22.2 Å². The summed E-state index contributed by atoms with van der Waals surface area (Å²) in [4.78, 5) is 0. The van der Waals surface area contributed by atoms with Gasteiger partial charge >= 0.3 is 0 Å². The number of hydrogen-bond acceptors (Lipinski definition) is 1. The van der Waals surface area contributed by atoms with Crippen molar-refractivity contribution in [2.75, 3.05) is 0 Å². The molecule has 2 nitrogen and oxygen atoms in total. The van der Waals surface area contributed by atoms with Crippen LogP contribution in [0.25, 0.3) is 10.9 Å². The highest BCUT2D eigenvalue weighted by Crippen LogP contribution is 2.20. The summed E-state index contributed by atoms with van der Waals surface area (Å²) < 4.78 is 2.31. The number of benzene rings is 1. The molecule has 0 saturated carbocycles. The van der Waals surface area contributed by atoms with Crippen LogP contribution in [-0.4, -0.2) is 4.57 Å². The second-order valence-corrected chi connectivity index (χ2v) is 3.63. The Labute approximate surface area is 84.3 Å². The van der Waals surface area contributed by atoms with Crippen LogP contribution < -0.4 is 5.73 Å². The lowest BCUT2D eigenvalue weighted by atomic mass is 10.1. The van der Waals surface area contributed by atoms with Crippen molar-refractivity contribution in [2.45, 2.75) is 26.9 Å². The van der Waals surface area contributed by atoms with Crippen LogP contribution in [0.15, 0.2) is 24.3 Å². The summed E-state index contributed by atoms with van der Waals surface area (Å²) in [5.74, 6) is 0. The minimum atomic E-state index is 0.615. The number of fused-ring (bicyclic) bond motifs is 1. The fourth-order valence-corrected chi connectivity index (χ4v) is 1.98. The van der Waals surface area contributed by atoms with Gasteiger partial charge in [-0.1, -0.05) is 12.1 Å². The van der Waals surface area contributed by atoms with Crippen LogP contribution >= 0.6 is 0 Å². The third-order valence-corrected chi connectivity index (χ3v) is 2.73. The SMILES string of the molecule is CCn1c(C)cc2ccc(CN)cc21. The molecule has 0 bridgehead atoms. The fourth-order valence-electron chi connectivity index (χ4n) is 1.98.